The summed E-state index contributed by atoms with van der Waals surface area (Å²) < 4.78 is 33.2. The number of benzene rings is 2. The van der Waals surface area contributed by atoms with Crippen molar-refractivity contribution in [1.29, 1.82) is 0 Å². The fraction of sp³-hybridized carbons (Fsp3) is 0.318. The van der Waals surface area contributed by atoms with Gasteiger partial charge in [-0.25, -0.2) is 13.2 Å². The molecule has 154 valence electrons. The Morgan fingerprint density at radius 2 is 1.86 bits per heavy atom. The number of piperidine rings is 1. The fourth-order valence-electron chi connectivity index (χ4n) is 3.61. The number of aliphatic carboxylic acids is 1. The summed E-state index contributed by atoms with van der Waals surface area (Å²) in [4.78, 5) is 10.8. The predicted octanol–water partition coefficient (Wildman–Crippen LogP) is 3.44. The molecule has 0 spiro atoms. The number of sulfonamides is 1. The summed E-state index contributed by atoms with van der Waals surface area (Å²) in [6.45, 7) is 0.913. The molecule has 3 rings (SSSR count). The van der Waals surface area contributed by atoms with E-state index in [1.807, 2.05) is 18.2 Å². The summed E-state index contributed by atoms with van der Waals surface area (Å²) in [6.07, 6.45) is 4.90. The van der Waals surface area contributed by atoms with Crippen molar-refractivity contribution in [3.05, 3.63) is 65.7 Å². The molecule has 1 aliphatic heterocycles. The molecule has 0 saturated carbocycles. The number of carbonyl (C=O) groups is 1. The van der Waals surface area contributed by atoms with E-state index in [4.69, 9.17) is 9.84 Å². The van der Waals surface area contributed by atoms with Crippen LogP contribution in [-0.2, 0) is 21.2 Å². The lowest BCUT2D eigenvalue weighted by molar-refractivity contribution is -0.131. The van der Waals surface area contributed by atoms with Crippen LogP contribution in [0.4, 0.5) is 0 Å². The SMILES string of the molecule is COc1ccc(/C=C\C(=O)O)cc1S(=O)(=O)N1CCC(Cc2ccccc2)CC1. The van der Waals surface area contributed by atoms with Crippen LogP contribution in [0.15, 0.2) is 59.5 Å². The highest BCUT2D eigenvalue weighted by Crippen LogP contribution is 2.31. The second kappa shape index (κ2) is 9.24. The van der Waals surface area contributed by atoms with Gasteiger partial charge >= 0.3 is 5.97 Å². The molecule has 29 heavy (non-hydrogen) atoms. The van der Waals surface area contributed by atoms with Gasteiger partial charge in [0.2, 0.25) is 10.0 Å². The number of hydrogen-bond acceptors (Lipinski definition) is 4. The molecule has 0 bridgehead atoms. The lowest BCUT2D eigenvalue weighted by atomic mass is 9.91. The van der Waals surface area contributed by atoms with Crippen molar-refractivity contribution in [2.24, 2.45) is 5.92 Å². The number of methoxy groups -OCH3 is 1. The molecule has 2 aromatic rings. The maximum Gasteiger partial charge on any atom is 0.328 e. The monoisotopic (exact) mass is 415 g/mol. The minimum absolute atomic E-state index is 0.0639. The molecule has 1 aliphatic rings. The Kier molecular flexibility index (Phi) is 6.71. The Labute approximate surface area is 171 Å². The second-order valence-corrected chi connectivity index (χ2v) is 9.03. The van der Waals surface area contributed by atoms with Gasteiger partial charge in [-0.1, -0.05) is 36.4 Å². The Morgan fingerprint density at radius 3 is 2.48 bits per heavy atom. The zero-order valence-electron chi connectivity index (χ0n) is 16.3. The normalized spacial score (nSPS) is 16.2. The molecule has 7 heteroatoms. The van der Waals surface area contributed by atoms with Gasteiger partial charge in [-0.3, -0.25) is 0 Å². The molecule has 6 nitrogen and oxygen atoms in total. The molecule has 0 amide bonds. The molecule has 0 unspecified atom stereocenters. The summed E-state index contributed by atoms with van der Waals surface area (Å²) in [5.41, 5.74) is 1.76. The minimum Gasteiger partial charge on any atom is -0.495 e. The third-order valence-corrected chi connectivity index (χ3v) is 7.08. The summed E-state index contributed by atoms with van der Waals surface area (Å²) in [5, 5.41) is 8.80. The van der Waals surface area contributed by atoms with Crippen molar-refractivity contribution in [2.75, 3.05) is 20.2 Å². The van der Waals surface area contributed by atoms with Crippen LogP contribution >= 0.6 is 0 Å². The van der Waals surface area contributed by atoms with Crippen LogP contribution in [0.3, 0.4) is 0 Å². The molecule has 0 radical (unpaired) electrons. The van der Waals surface area contributed by atoms with Crippen LogP contribution in [0.5, 0.6) is 5.75 Å². The van der Waals surface area contributed by atoms with Crippen LogP contribution in [0, 0.1) is 5.92 Å². The maximum absolute atomic E-state index is 13.2. The summed E-state index contributed by atoms with van der Waals surface area (Å²) in [7, 11) is -2.31. The van der Waals surface area contributed by atoms with E-state index in [-0.39, 0.29) is 10.6 Å². The number of ether oxygens (including phenoxy) is 1. The van der Waals surface area contributed by atoms with Crippen LogP contribution in [0.1, 0.15) is 24.0 Å². The number of rotatable bonds is 7. The van der Waals surface area contributed by atoms with Crippen molar-refractivity contribution in [1.82, 2.24) is 4.31 Å². The summed E-state index contributed by atoms with van der Waals surface area (Å²) in [6, 6.07) is 14.9. The summed E-state index contributed by atoms with van der Waals surface area (Å²) in [5.74, 6) is -0.384. The fourth-order valence-corrected chi connectivity index (χ4v) is 5.27. The average molecular weight is 416 g/mol. The lowest BCUT2D eigenvalue weighted by Crippen LogP contribution is -2.39. The number of hydrogen-bond donors (Lipinski definition) is 1. The van der Waals surface area contributed by atoms with Crippen LogP contribution < -0.4 is 4.74 Å². The lowest BCUT2D eigenvalue weighted by Gasteiger charge is -2.31. The van der Waals surface area contributed by atoms with Gasteiger partial charge < -0.3 is 9.84 Å². The highest BCUT2D eigenvalue weighted by atomic mass is 32.2. The van der Waals surface area contributed by atoms with E-state index in [2.05, 4.69) is 12.1 Å². The van der Waals surface area contributed by atoms with E-state index >= 15 is 0 Å². The molecule has 0 aromatic heterocycles. The molecule has 2 aromatic carbocycles. The van der Waals surface area contributed by atoms with E-state index < -0.39 is 16.0 Å². The van der Waals surface area contributed by atoms with Gasteiger partial charge in [-0.2, -0.15) is 4.31 Å². The van der Waals surface area contributed by atoms with Gasteiger partial charge in [0, 0.05) is 19.2 Å². The van der Waals surface area contributed by atoms with Gasteiger partial charge in [0.25, 0.3) is 0 Å². The molecular weight excluding hydrogens is 390 g/mol. The van der Waals surface area contributed by atoms with Crippen molar-refractivity contribution in [2.45, 2.75) is 24.2 Å². The highest BCUT2D eigenvalue weighted by Gasteiger charge is 2.31. The Bertz CT molecular complexity index is 978. The second-order valence-electron chi connectivity index (χ2n) is 7.12. The minimum atomic E-state index is -3.74. The predicted molar refractivity (Wildman–Crippen MR) is 111 cm³/mol. The number of carboxylic acids is 1. The van der Waals surface area contributed by atoms with E-state index in [1.165, 1.54) is 29.1 Å². The Hall–Kier alpha value is -2.64. The van der Waals surface area contributed by atoms with Crippen molar-refractivity contribution >= 4 is 22.1 Å². The van der Waals surface area contributed by atoms with Crippen molar-refractivity contribution in [3.63, 3.8) is 0 Å². The standard InChI is InChI=1S/C22H25NO5S/c1-28-20-9-7-18(8-10-22(24)25)16-21(20)29(26,27)23-13-11-19(12-14-23)15-17-5-3-2-4-6-17/h2-10,16,19H,11-15H2,1H3,(H,24,25)/b10-8-. The van der Waals surface area contributed by atoms with Gasteiger partial charge in [0.1, 0.15) is 10.6 Å². The van der Waals surface area contributed by atoms with E-state index in [0.717, 1.165) is 25.3 Å². The maximum atomic E-state index is 13.2. The Balaban J connectivity index is 1.75. The van der Waals surface area contributed by atoms with Gasteiger partial charge in [0.15, 0.2) is 0 Å². The summed E-state index contributed by atoms with van der Waals surface area (Å²) >= 11 is 0. The zero-order chi connectivity index (χ0) is 20.9. The molecule has 1 fully saturated rings. The first-order valence-corrected chi connectivity index (χ1v) is 11.0. The van der Waals surface area contributed by atoms with E-state index in [0.29, 0.717) is 24.6 Å². The first kappa shape index (κ1) is 21.1. The average Bonchev–Trinajstić information content (AvgIpc) is 2.73. The van der Waals surface area contributed by atoms with Gasteiger partial charge in [0.05, 0.1) is 7.11 Å². The first-order valence-electron chi connectivity index (χ1n) is 9.53. The van der Waals surface area contributed by atoms with Crippen molar-refractivity contribution in [3.8, 4) is 5.75 Å². The van der Waals surface area contributed by atoms with Crippen molar-refractivity contribution < 1.29 is 23.1 Å². The quantitative estimate of drug-likeness (QED) is 0.701. The molecule has 1 N–H and O–H groups in total. The van der Waals surface area contributed by atoms with Crippen LogP contribution in [-0.4, -0.2) is 44.0 Å². The van der Waals surface area contributed by atoms with E-state index in [9.17, 15) is 13.2 Å². The molecule has 1 saturated heterocycles. The smallest absolute Gasteiger partial charge is 0.328 e. The molecular formula is C22H25NO5S. The Morgan fingerprint density at radius 1 is 1.17 bits per heavy atom. The van der Waals surface area contributed by atoms with Crippen LogP contribution in [0.2, 0.25) is 0 Å². The zero-order valence-corrected chi connectivity index (χ0v) is 17.1. The number of carboxylic acid groups (broad SMARTS) is 1. The third kappa shape index (κ3) is 5.25. The van der Waals surface area contributed by atoms with Gasteiger partial charge in [-0.15, -0.1) is 0 Å². The highest BCUT2D eigenvalue weighted by molar-refractivity contribution is 7.89. The van der Waals surface area contributed by atoms with Crippen LogP contribution in [0.25, 0.3) is 6.08 Å². The van der Waals surface area contributed by atoms with E-state index in [1.54, 1.807) is 12.1 Å². The molecule has 0 atom stereocenters. The molecule has 1 heterocycles. The first-order chi connectivity index (χ1) is 13.9. The largest absolute Gasteiger partial charge is 0.495 e. The topological polar surface area (TPSA) is 83.9 Å². The van der Waals surface area contributed by atoms with Gasteiger partial charge in [-0.05, 0) is 54.5 Å². The third-order valence-electron chi connectivity index (χ3n) is 5.16. The molecule has 0 aliphatic carbocycles. The number of nitrogens with zero attached hydrogens (tertiary/aromatic N) is 1.